The second-order valence-electron chi connectivity index (χ2n) is 6.95. The molecule has 0 unspecified atom stereocenters. The van der Waals surface area contributed by atoms with E-state index in [1.165, 1.54) is 0 Å². The number of aromatic nitrogens is 1. The lowest BCUT2D eigenvalue weighted by molar-refractivity contribution is -0.120. The van der Waals surface area contributed by atoms with Crippen LogP contribution in [-0.4, -0.2) is 16.7 Å². The van der Waals surface area contributed by atoms with Gasteiger partial charge in [0.25, 0.3) is 0 Å². The van der Waals surface area contributed by atoms with E-state index in [2.05, 4.69) is 21.2 Å². The van der Waals surface area contributed by atoms with E-state index in [1.807, 2.05) is 60.8 Å². The van der Waals surface area contributed by atoms with Gasteiger partial charge in [-0.2, -0.15) is 5.10 Å². The number of halogens is 2. The molecule has 0 aliphatic rings. The molecule has 1 N–H and O–H groups in total. The van der Waals surface area contributed by atoms with Gasteiger partial charge in [0.2, 0.25) is 5.91 Å². The number of hydrogen-bond donors (Lipinski definition) is 1. The lowest BCUT2D eigenvalue weighted by Crippen LogP contribution is -2.19. The molecule has 1 aromatic heterocycles. The number of nitrogens with zero attached hydrogens (tertiary/aromatic N) is 2. The first-order valence-corrected chi connectivity index (χ1v) is 10.2. The van der Waals surface area contributed by atoms with Crippen molar-refractivity contribution in [3.8, 4) is 0 Å². The van der Waals surface area contributed by atoms with Gasteiger partial charge in [-0.15, -0.1) is 0 Å². The van der Waals surface area contributed by atoms with E-state index in [9.17, 15) is 4.79 Å². The monoisotopic (exact) mass is 435 g/mol. The Labute approximate surface area is 184 Å². The van der Waals surface area contributed by atoms with Crippen LogP contribution in [0.5, 0.6) is 0 Å². The van der Waals surface area contributed by atoms with Crippen LogP contribution in [0, 0.1) is 0 Å². The van der Waals surface area contributed by atoms with E-state index in [1.54, 1.807) is 18.3 Å². The standard InChI is InChI=1S/C24H19Cl2N3O/c25-20-9-5-17(6-10-20)13-24(30)28-27-14-19-16-29(23-4-2-1-3-22(19)23)15-18-7-11-21(26)12-8-18/h1-12,14,16H,13,15H2,(H,28,30)/b27-14-. The van der Waals surface area contributed by atoms with Crippen molar-refractivity contribution in [1.82, 2.24) is 9.99 Å². The third-order valence-electron chi connectivity index (χ3n) is 4.76. The summed E-state index contributed by atoms with van der Waals surface area (Å²) in [4.78, 5) is 12.2. The summed E-state index contributed by atoms with van der Waals surface area (Å²) in [7, 11) is 0. The van der Waals surface area contributed by atoms with Crippen LogP contribution in [0.1, 0.15) is 16.7 Å². The molecular formula is C24H19Cl2N3O. The molecule has 1 amide bonds. The molecule has 6 heteroatoms. The molecular weight excluding hydrogens is 417 g/mol. The summed E-state index contributed by atoms with van der Waals surface area (Å²) in [6.07, 6.45) is 3.96. The van der Waals surface area contributed by atoms with Gasteiger partial charge in [-0.25, -0.2) is 5.43 Å². The second kappa shape index (κ2) is 9.16. The van der Waals surface area contributed by atoms with Crippen LogP contribution >= 0.6 is 23.2 Å². The minimum Gasteiger partial charge on any atom is -0.342 e. The van der Waals surface area contributed by atoms with Crippen molar-refractivity contribution in [1.29, 1.82) is 0 Å². The van der Waals surface area contributed by atoms with Crippen molar-refractivity contribution in [2.75, 3.05) is 0 Å². The molecule has 4 rings (SSSR count). The number of benzene rings is 3. The highest BCUT2D eigenvalue weighted by Crippen LogP contribution is 2.22. The Morgan fingerprint density at radius 2 is 1.53 bits per heavy atom. The highest BCUT2D eigenvalue weighted by molar-refractivity contribution is 6.30. The molecule has 1 heterocycles. The predicted octanol–water partition coefficient (Wildman–Crippen LogP) is 5.69. The predicted molar refractivity (Wildman–Crippen MR) is 123 cm³/mol. The summed E-state index contributed by atoms with van der Waals surface area (Å²) in [5.41, 5.74) is 6.67. The Hall–Kier alpha value is -3.08. The zero-order valence-corrected chi connectivity index (χ0v) is 17.6. The van der Waals surface area contributed by atoms with Gasteiger partial charge in [0, 0.05) is 39.3 Å². The molecule has 0 aliphatic carbocycles. The fourth-order valence-corrected chi connectivity index (χ4v) is 3.55. The van der Waals surface area contributed by atoms with Gasteiger partial charge in [0.15, 0.2) is 0 Å². The van der Waals surface area contributed by atoms with Crippen LogP contribution < -0.4 is 5.43 Å². The Morgan fingerprint density at radius 3 is 2.23 bits per heavy atom. The van der Waals surface area contributed by atoms with Gasteiger partial charge in [-0.1, -0.05) is 65.7 Å². The Bertz CT molecular complexity index is 1200. The second-order valence-corrected chi connectivity index (χ2v) is 7.83. The number of fused-ring (bicyclic) bond motifs is 1. The molecule has 0 aliphatic heterocycles. The molecule has 3 aromatic carbocycles. The summed E-state index contributed by atoms with van der Waals surface area (Å²) in [6.45, 7) is 0.717. The maximum atomic E-state index is 12.2. The van der Waals surface area contributed by atoms with Crippen LogP contribution in [0.2, 0.25) is 10.0 Å². The van der Waals surface area contributed by atoms with Crippen LogP contribution in [0.3, 0.4) is 0 Å². The third kappa shape index (κ3) is 4.90. The number of hydrogen-bond acceptors (Lipinski definition) is 2. The van der Waals surface area contributed by atoms with Gasteiger partial charge < -0.3 is 4.57 Å². The third-order valence-corrected chi connectivity index (χ3v) is 5.26. The molecule has 0 saturated heterocycles. The number of rotatable bonds is 6. The van der Waals surface area contributed by atoms with Crippen LogP contribution in [0.25, 0.3) is 10.9 Å². The van der Waals surface area contributed by atoms with Crippen molar-refractivity contribution in [3.05, 3.63) is 106 Å². The first-order valence-electron chi connectivity index (χ1n) is 9.47. The number of amides is 1. The maximum Gasteiger partial charge on any atom is 0.244 e. The average molecular weight is 436 g/mol. The average Bonchev–Trinajstić information content (AvgIpc) is 3.09. The highest BCUT2D eigenvalue weighted by Gasteiger charge is 2.08. The molecule has 4 nitrogen and oxygen atoms in total. The molecule has 0 saturated carbocycles. The summed E-state index contributed by atoms with van der Waals surface area (Å²) in [5, 5.41) is 6.59. The van der Waals surface area contributed by atoms with Gasteiger partial charge in [0.1, 0.15) is 0 Å². The van der Waals surface area contributed by atoms with Gasteiger partial charge in [0.05, 0.1) is 12.6 Å². The van der Waals surface area contributed by atoms with Crippen molar-refractivity contribution in [3.63, 3.8) is 0 Å². The lowest BCUT2D eigenvalue weighted by Gasteiger charge is -2.05. The number of carbonyl (C=O) groups is 1. The summed E-state index contributed by atoms with van der Waals surface area (Å²) in [6, 6.07) is 23.1. The lowest BCUT2D eigenvalue weighted by atomic mass is 10.1. The van der Waals surface area contributed by atoms with E-state index in [4.69, 9.17) is 23.2 Å². The molecule has 30 heavy (non-hydrogen) atoms. The van der Waals surface area contributed by atoms with Crippen LogP contribution in [0.15, 0.2) is 84.1 Å². The molecule has 0 spiro atoms. The fraction of sp³-hybridized carbons (Fsp3) is 0.0833. The molecule has 0 radical (unpaired) electrons. The topological polar surface area (TPSA) is 46.4 Å². The quantitative estimate of drug-likeness (QED) is 0.306. The largest absolute Gasteiger partial charge is 0.342 e. The van der Waals surface area contributed by atoms with E-state index < -0.39 is 0 Å². The minimum absolute atomic E-state index is 0.182. The molecule has 150 valence electrons. The fourth-order valence-electron chi connectivity index (χ4n) is 3.30. The first-order chi connectivity index (χ1) is 14.6. The Kier molecular flexibility index (Phi) is 6.17. The Morgan fingerprint density at radius 1 is 0.900 bits per heavy atom. The smallest absolute Gasteiger partial charge is 0.244 e. The van der Waals surface area contributed by atoms with Crippen molar-refractivity contribution >= 4 is 46.2 Å². The number of para-hydroxylation sites is 1. The van der Waals surface area contributed by atoms with Gasteiger partial charge >= 0.3 is 0 Å². The summed E-state index contributed by atoms with van der Waals surface area (Å²) >= 11 is 11.9. The summed E-state index contributed by atoms with van der Waals surface area (Å²) < 4.78 is 2.16. The van der Waals surface area contributed by atoms with Crippen molar-refractivity contribution in [2.24, 2.45) is 5.10 Å². The number of carbonyl (C=O) groups excluding carboxylic acids is 1. The zero-order valence-electron chi connectivity index (χ0n) is 16.1. The van der Waals surface area contributed by atoms with E-state index in [0.29, 0.717) is 11.6 Å². The van der Waals surface area contributed by atoms with Gasteiger partial charge in [-0.3, -0.25) is 4.79 Å². The number of hydrazone groups is 1. The number of nitrogens with one attached hydrogen (secondary N) is 1. The summed E-state index contributed by atoms with van der Waals surface area (Å²) in [5.74, 6) is -0.182. The zero-order chi connectivity index (χ0) is 20.9. The molecule has 0 fully saturated rings. The van der Waals surface area contributed by atoms with E-state index in [0.717, 1.165) is 32.6 Å². The van der Waals surface area contributed by atoms with Crippen LogP contribution in [-0.2, 0) is 17.8 Å². The SMILES string of the molecule is O=C(Cc1ccc(Cl)cc1)N/N=C\c1cn(Cc2ccc(Cl)cc2)c2ccccc12. The molecule has 4 aromatic rings. The van der Waals surface area contributed by atoms with E-state index in [-0.39, 0.29) is 12.3 Å². The normalized spacial score (nSPS) is 11.3. The van der Waals surface area contributed by atoms with Gasteiger partial charge in [-0.05, 0) is 41.5 Å². The highest BCUT2D eigenvalue weighted by atomic mass is 35.5. The van der Waals surface area contributed by atoms with E-state index >= 15 is 0 Å². The maximum absolute atomic E-state index is 12.2. The molecule has 0 bridgehead atoms. The first kappa shape index (κ1) is 20.2. The van der Waals surface area contributed by atoms with Crippen molar-refractivity contribution in [2.45, 2.75) is 13.0 Å². The minimum atomic E-state index is -0.182. The van der Waals surface area contributed by atoms with Crippen LogP contribution in [0.4, 0.5) is 0 Å². The Balaban J connectivity index is 1.49. The van der Waals surface area contributed by atoms with Crippen molar-refractivity contribution < 1.29 is 4.79 Å². The molecule has 0 atom stereocenters.